The SMILES string of the molecule is COc1cccc(/C(O)=C2\C(=O)C(=O)N(CCN(C)C)C2c2ccc(C)cc2)c1. The lowest BCUT2D eigenvalue weighted by molar-refractivity contribution is -0.140. The Labute approximate surface area is 171 Å². The monoisotopic (exact) mass is 394 g/mol. The lowest BCUT2D eigenvalue weighted by Crippen LogP contribution is -2.35. The van der Waals surface area contributed by atoms with Gasteiger partial charge < -0.3 is 19.6 Å². The van der Waals surface area contributed by atoms with Crippen LogP contribution in [0.25, 0.3) is 5.76 Å². The van der Waals surface area contributed by atoms with Crippen molar-refractivity contribution in [3.8, 4) is 5.75 Å². The number of aliphatic hydroxyl groups is 1. The van der Waals surface area contributed by atoms with Crippen LogP contribution in [0.1, 0.15) is 22.7 Å². The summed E-state index contributed by atoms with van der Waals surface area (Å²) in [5.74, 6) is -0.903. The number of Topliss-reactive ketones (excluding diaryl/α,β-unsaturated/α-hetero) is 1. The third-order valence-corrected chi connectivity index (χ3v) is 5.06. The van der Waals surface area contributed by atoms with Gasteiger partial charge in [0.05, 0.1) is 18.7 Å². The van der Waals surface area contributed by atoms with Gasteiger partial charge in [-0.25, -0.2) is 0 Å². The van der Waals surface area contributed by atoms with Crippen molar-refractivity contribution in [2.24, 2.45) is 0 Å². The van der Waals surface area contributed by atoms with E-state index < -0.39 is 17.7 Å². The van der Waals surface area contributed by atoms with Crippen molar-refractivity contribution in [2.75, 3.05) is 34.3 Å². The molecule has 0 aliphatic carbocycles. The van der Waals surface area contributed by atoms with Gasteiger partial charge >= 0.3 is 0 Å². The summed E-state index contributed by atoms with van der Waals surface area (Å²) in [4.78, 5) is 29.2. The fourth-order valence-corrected chi connectivity index (χ4v) is 3.44. The summed E-state index contributed by atoms with van der Waals surface area (Å²) in [6.07, 6.45) is 0. The molecular formula is C23H26N2O4. The van der Waals surface area contributed by atoms with Crippen LogP contribution in [0.4, 0.5) is 0 Å². The molecule has 2 aromatic rings. The molecule has 0 saturated carbocycles. The Morgan fingerprint density at radius 3 is 2.45 bits per heavy atom. The summed E-state index contributed by atoms with van der Waals surface area (Å²) in [6.45, 7) is 2.96. The highest BCUT2D eigenvalue weighted by Crippen LogP contribution is 2.39. The lowest BCUT2D eigenvalue weighted by atomic mass is 9.94. The fraction of sp³-hybridized carbons (Fsp3) is 0.304. The zero-order chi connectivity index (χ0) is 21.1. The molecule has 1 amide bonds. The van der Waals surface area contributed by atoms with E-state index in [0.29, 0.717) is 24.4 Å². The number of ether oxygens (including phenoxy) is 1. The number of nitrogens with zero attached hydrogens (tertiary/aromatic N) is 2. The average Bonchev–Trinajstić information content (AvgIpc) is 2.97. The molecule has 1 saturated heterocycles. The topological polar surface area (TPSA) is 70.1 Å². The van der Waals surface area contributed by atoms with E-state index in [1.807, 2.05) is 50.2 Å². The molecule has 0 aromatic heterocycles. The maximum absolute atomic E-state index is 12.9. The van der Waals surface area contributed by atoms with Crippen LogP contribution in [0.5, 0.6) is 5.75 Å². The predicted molar refractivity (Wildman–Crippen MR) is 112 cm³/mol. The fourth-order valence-electron chi connectivity index (χ4n) is 3.44. The van der Waals surface area contributed by atoms with Gasteiger partial charge in [0.15, 0.2) is 0 Å². The Morgan fingerprint density at radius 2 is 1.83 bits per heavy atom. The van der Waals surface area contributed by atoms with Crippen molar-refractivity contribution in [1.82, 2.24) is 9.80 Å². The second kappa shape index (κ2) is 8.49. The van der Waals surface area contributed by atoms with Crippen molar-refractivity contribution < 1.29 is 19.4 Å². The van der Waals surface area contributed by atoms with E-state index in [9.17, 15) is 14.7 Å². The number of carbonyl (C=O) groups excluding carboxylic acids is 2. The number of likely N-dealkylation sites (N-methyl/N-ethyl adjacent to an activating group) is 1. The average molecular weight is 394 g/mol. The molecule has 152 valence electrons. The predicted octanol–water partition coefficient (Wildman–Crippen LogP) is 2.99. The Kier molecular flexibility index (Phi) is 6.03. The molecule has 1 aliphatic rings. The standard InChI is InChI=1S/C23H26N2O4/c1-15-8-10-16(11-9-15)20-19(21(26)17-6-5-7-18(14-17)29-4)22(27)23(28)25(20)13-12-24(2)3/h5-11,14,20,26H,12-13H2,1-4H3/b21-19+. The molecule has 6 nitrogen and oxygen atoms in total. The Hall–Kier alpha value is -3.12. The number of likely N-dealkylation sites (tertiary alicyclic amines) is 1. The van der Waals surface area contributed by atoms with Crippen LogP contribution in [-0.2, 0) is 9.59 Å². The Bertz CT molecular complexity index is 948. The van der Waals surface area contributed by atoms with Crippen LogP contribution in [0, 0.1) is 6.92 Å². The van der Waals surface area contributed by atoms with Crippen molar-refractivity contribution in [2.45, 2.75) is 13.0 Å². The summed E-state index contributed by atoms with van der Waals surface area (Å²) in [7, 11) is 5.35. The molecule has 2 aromatic carbocycles. The molecule has 1 heterocycles. The van der Waals surface area contributed by atoms with Gasteiger partial charge in [-0.15, -0.1) is 0 Å². The summed E-state index contributed by atoms with van der Waals surface area (Å²) in [5.41, 5.74) is 2.41. The third-order valence-electron chi connectivity index (χ3n) is 5.06. The number of methoxy groups -OCH3 is 1. The highest BCUT2D eigenvalue weighted by molar-refractivity contribution is 6.46. The van der Waals surface area contributed by atoms with E-state index in [0.717, 1.165) is 11.1 Å². The van der Waals surface area contributed by atoms with Crippen LogP contribution in [-0.4, -0.2) is 60.9 Å². The summed E-state index contributed by atoms with van der Waals surface area (Å²) in [6, 6.07) is 13.9. The maximum atomic E-state index is 12.9. The Morgan fingerprint density at radius 1 is 1.14 bits per heavy atom. The molecule has 0 radical (unpaired) electrons. The summed E-state index contributed by atoms with van der Waals surface area (Å²) in [5, 5.41) is 11.0. The van der Waals surface area contributed by atoms with Gasteiger partial charge in [-0.1, -0.05) is 42.0 Å². The molecule has 0 bridgehead atoms. The number of amides is 1. The van der Waals surface area contributed by atoms with Crippen molar-refractivity contribution in [1.29, 1.82) is 0 Å². The zero-order valence-electron chi connectivity index (χ0n) is 17.2. The second-order valence-corrected chi connectivity index (χ2v) is 7.44. The first-order valence-corrected chi connectivity index (χ1v) is 9.47. The van der Waals surface area contributed by atoms with Gasteiger partial charge in [0.25, 0.3) is 11.7 Å². The zero-order valence-corrected chi connectivity index (χ0v) is 17.2. The molecule has 0 spiro atoms. The molecular weight excluding hydrogens is 368 g/mol. The van der Waals surface area contributed by atoms with Gasteiger partial charge in [0.1, 0.15) is 11.5 Å². The number of aryl methyl sites for hydroxylation is 1. The van der Waals surface area contributed by atoms with Gasteiger partial charge in [0, 0.05) is 18.7 Å². The highest BCUT2D eigenvalue weighted by atomic mass is 16.5. The van der Waals surface area contributed by atoms with E-state index in [1.165, 1.54) is 7.11 Å². The molecule has 1 fully saturated rings. The van der Waals surface area contributed by atoms with E-state index in [2.05, 4.69) is 0 Å². The molecule has 29 heavy (non-hydrogen) atoms. The van der Waals surface area contributed by atoms with Crippen LogP contribution in [0.2, 0.25) is 0 Å². The minimum absolute atomic E-state index is 0.103. The van der Waals surface area contributed by atoms with Gasteiger partial charge in [-0.3, -0.25) is 9.59 Å². The minimum atomic E-state index is -0.672. The first-order chi connectivity index (χ1) is 13.8. The number of hydrogen-bond donors (Lipinski definition) is 1. The van der Waals surface area contributed by atoms with Crippen LogP contribution in [0.15, 0.2) is 54.1 Å². The van der Waals surface area contributed by atoms with Gasteiger partial charge in [0.2, 0.25) is 0 Å². The molecule has 1 aliphatic heterocycles. The van der Waals surface area contributed by atoms with Crippen molar-refractivity contribution in [3.63, 3.8) is 0 Å². The smallest absolute Gasteiger partial charge is 0.295 e. The molecule has 1 N–H and O–H groups in total. The summed E-state index contributed by atoms with van der Waals surface area (Å²) < 4.78 is 5.22. The largest absolute Gasteiger partial charge is 0.507 e. The highest BCUT2D eigenvalue weighted by Gasteiger charge is 2.45. The number of carbonyl (C=O) groups is 2. The number of aliphatic hydroxyl groups excluding tert-OH is 1. The van der Waals surface area contributed by atoms with E-state index in [-0.39, 0.29) is 11.3 Å². The van der Waals surface area contributed by atoms with Crippen molar-refractivity contribution in [3.05, 3.63) is 70.8 Å². The minimum Gasteiger partial charge on any atom is -0.507 e. The molecule has 6 heteroatoms. The lowest BCUT2D eigenvalue weighted by Gasteiger charge is -2.26. The van der Waals surface area contributed by atoms with Crippen LogP contribution < -0.4 is 4.74 Å². The van der Waals surface area contributed by atoms with E-state index in [4.69, 9.17) is 4.74 Å². The van der Waals surface area contributed by atoms with Crippen LogP contribution in [0.3, 0.4) is 0 Å². The number of rotatable bonds is 6. The van der Waals surface area contributed by atoms with Gasteiger partial charge in [-0.2, -0.15) is 0 Å². The van der Waals surface area contributed by atoms with Crippen LogP contribution >= 0.6 is 0 Å². The maximum Gasteiger partial charge on any atom is 0.295 e. The van der Waals surface area contributed by atoms with E-state index in [1.54, 1.807) is 29.2 Å². The summed E-state index contributed by atoms with van der Waals surface area (Å²) >= 11 is 0. The molecule has 1 atom stereocenters. The molecule has 1 unspecified atom stereocenters. The van der Waals surface area contributed by atoms with Crippen molar-refractivity contribution >= 4 is 17.4 Å². The number of hydrogen-bond acceptors (Lipinski definition) is 5. The first kappa shape index (κ1) is 20.6. The van der Waals surface area contributed by atoms with E-state index >= 15 is 0 Å². The third kappa shape index (κ3) is 4.17. The first-order valence-electron chi connectivity index (χ1n) is 9.47. The molecule has 3 rings (SSSR count). The number of ketones is 1. The van der Waals surface area contributed by atoms with Gasteiger partial charge in [-0.05, 0) is 38.7 Å². The quantitative estimate of drug-likeness (QED) is 0.463. The second-order valence-electron chi connectivity index (χ2n) is 7.44. The normalized spacial score (nSPS) is 18.5. The number of benzene rings is 2. The Balaban J connectivity index is 2.14.